The van der Waals surface area contributed by atoms with Crippen molar-refractivity contribution in [3.8, 4) is 0 Å². The van der Waals surface area contributed by atoms with E-state index in [0.717, 1.165) is 25.7 Å². The van der Waals surface area contributed by atoms with Crippen LogP contribution in [0.15, 0.2) is 83.8 Å². The fourth-order valence-electron chi connectivity index (χ4n) is 6.92. The molecule has 2 atom stereocenters. The third-order valence-corrected chi connectivity index (χ3v) is 11.6. The lowest BCUT2D eigenvalue weighted by Gasteiger charge is -2.31. The summed E-state index contributed by atoms with van der Waals surface area (Å²) >= 11 is 0. The van der Waals surface area contributed by atoms with Gasteiger partial charge < -0.3 is 14.7 Å². The van der Waals surface area contributed by atoms with Gasteiger partial charge in [0.25, 0.3) is 10.0 Å². The Morgan fingerprint density at radius 2 is 1.35 bits per heavy atom. The van der Waals surface area contributed by atoms with Gasteiger partial charge in [0, 0.05) is 12.2 Å². The second kappa shape index (κ2) is 15.5. The lowest BCUT2D eigenvalue weighted by Crippen LogP contribution is -2.46. The molecule has 0 spiro atoms. The Bertz CT molecular complexity index is 2010. The summed E-state index contributed by atoms with van der Waals surface area (Å²) in [4.78, 5) is 25.5. The zero-order valence-corrected chi connectivity index (χ0v) is 28.6. The number of aromatic carboxylic acids is 1. The van der Waals surface area contributed by atoms with Crippen molar-refractivity contribution in [3.63, 3.8) is 0 Å². The number of ether oxygens (including phenoxy) is 1. The largest absolute Gasteiger partial charge is 0.478 e. The number of rotatable bonds is 11. The zero-order valence-electron chi connectivity index (χ0n) is 27.8. The van der Waals surface area contributed by atoms with Gasteiger partial charge in [-0.25, -0.2) is 35.2 Å². The molecule has 0 bridgehead atoms. The number of carbonyl (C=O) groups is 2. The monoisotopic (exact) mass is 742 g/mol. The number of hydrogen-bond acceptors (Lipinski definition) is 5. The van der Waals surface area contributed by atoms with Crippen LogP contribution in [-0.4, -0.2) is 42.5 Å². The van der Waals surface area contributed by atoms with E-state index in [2.05, 4.69) is 0 Å². The first-order chi connectivity index (χ1) is 24.9. The van der Waals surface area contributed by atoms with Gasteiger partial charge in [0.1, 0.15) is 6.23 Å². The van der Waals surface area contributed by atoms with E-state index in [1.165, 1.54) is 41.1 Å². The summed E-state index contributed by atoms with van der Waals surface area (Å²) in [5.41, 5.74) is 2.66. The van der Waals surface area contributed by atoms with E-state index >= 15 is 0 Å². The van der Waals surface area contributed by atoms with Crippen LogP contribution >= 0.6 is 0 Å². The highest BCUT2D eigenvalue weighted by Crippen LogP contribution is 2.38. The number of nitrogens with zero attached hydrogens (tertiary/aromatic N) is 2. The highest BCUT2D eigenvalue weighted by Gasteiger charge is 2.49. The molecule has 1 saturated heterocycles. The van der Waals surface area contributed by atoms with Crippen molar-refractivity contribution in [2.75, 3.05) is 11.4 Å². The van der Waals surface area contributed by atoms with Crippen LogP contribution in [0.5, 0.6) is 0 Å². The van der Waals surface area contributed by atoms with E-state index in [1.54, 1.807) is 30.3 Å². The van der Waals surface area contributed by atoms with Gasteiger partial charge in [-0.2, -0.15) is 4.31 Å². The standard InChI is InChI=1S/C38H35F5N2O6S/c39-30-31(40)33(42)35(34(43)32(30)41)52(49,50)45-20-19-29(37(45)51-22-24-7-3-1-4-8-24)36(46)44(28-17-15-27(16-18-28)38(47)48)21-23-11-13-26(14-12-23)25-9-5-2-6-10-25/h1,3-4,7-8,11-18,25,29,37H,2,5-6,9-10,19-22H2,(H,47,48). The highest BCUT2D eigenvalue weighted by molar-refractivity contribution is 7.89. The van der Waals surface area contributed by atoms with Crippen molar-refractivity contribution in [3.05, 3.63) is 130 Å². The van der Waals surface area contributed by atoms with Crippen molar-refractivity contribution >= 4 is 27.6 Å². The zero-order chi connectivity index (χ0) is 37.2. The second-order valence-electron chi connectivity index (χ2n) is 13.0. The van der Waals surface area contributed by atoms with Crippen LogP contribution < -0.4 is 4.90 Å². The van der Waals surface area contributed by atoms with Crippen LogP contribution in [0.1, 0.15) is 71.5 Å². The van der Waals surface area contributed by atoms with Crippen molar-refractivity contribution in [2.24, 2.45) is 5.92 Å². The smallest absolute Gasteiger partial charge is 0.335 e. The number of anilines is 1. The van der Waals surface area contributed by atoms with E-state index in [9.17, 15) is 45.1 Å². The third-order valence-electron chi connectivity index (χ3n) is 9.69. The first-order valence-electron chi connectivity index (χ1n) is 16.8. The number of halogens is 5. The Kier molecular flexibility index (Phi) is 11.1. The Hall–Kier alpha value is -4.66. The molecule has 1 amide bonds. The summed E-state index contributed by atoms with van der Waals surface area (Å²) in [5, 5.41) is 9.46. The Morgan fingerprint density at radius 1 is 0.750 bits per heavy atom. The molecule has 1 heterocycles. The molecule has 2 aliphatic rings. The minimum absolute atomic E-state index is 0.0253. The average Bonchev–Trinajstić information content (AvgIpc) is 3.60. The van der Waals surface area contributed by atoms with Gasteiger partial charge in [-0.3, -0.25) is 4.79 Å². The minimum atomic E-state index is -5.49. The van der Waals surface area contributed by atoms with Gasteiger partial charge in [-0.05, 0) is 66.1 Å². The molecular weight excluding hydrogens is 707 g/mol. The second-order valence-corrected chi connectivity index (χ2v) is 14.8. The van der Waals surface area contributed by atoms with Crippen LogP contribution in [-0.2, 0) is 32.7 Å². The minimum Gasteiger partial charge on any atom is -0.478 e. The number of carboxylic acid groups (broad SMARTS) is 1. The average molecular weight is 743 g/mol. The molecule has 14 heteroatoms. The quantitative estimate of drug-likeness (QED) is 0.0952. The Balaban J connectivity index is 1.37. The number of sulfonamides is 1. The van der Waals surface area contributed by atoms with Crippen molar-refractivity contribution in [1.82, 2.24) is 4.31 Å². The topological polar surface area (TPSA) is 104 Å². The first-order valence-corrected chi connectivity index (χ1v) is 18.2. The lowest BCUT2D eigenvalue weighted by atomic mass is 9.84. The molecule has 0 radical (unpaired) electrons. The van der Waals surface area contributed by atoms with Crippen molar-refractivity contribution in [2.45, 2.75) is 68.7 Å². The molecule has 274 valence electrons. The molecule has 1 aliphatic heterocycles. The predicted octanol–water partition coefficient (Wildman–Crippen LogP) is 7.91. The van der Waals surface area contributed by atoms with Crippen molar-refractivity contribution in [1.29, 1.82) is 0 Å². The van der Waals surface area contributed by atoms with Crippen LogP contribution in [0, 0.1) is 35.0 Å². The summed E-state index contributed by atoms with van der Waals surface area (Å²) in [6.45, 7) is -0.851. The summed E-state index contributed by atoms with van der Waals surface area (Å²) in [7, 11) is -5.49. The molecule has 1 N–H and O–H groups in total. The van der Waals surface area contributed by atoms with Gasteiger partial charge in [-0.15, -0.1) is 0 Å². The number of amides is 1. The first kappa shape index (κ1) is 37.1. The van der Waals surface area contributed by atoms with E-state index in [-0.39, 0.29) is 30.8 Å². The van der Waals surface area contributed by atoms with E-state index in [0.29, 0.717) is 21.4 Å². The molecule has 1 saturated carbocycles. The fourth-order valence-corrected chi connectivity index (χ4v) is 8.61. The Morgan fingerprint density at radius 3 is 1.94 bits per heavy atom. The van der Waals surface area contributed by atoms with Crippen LogP contribution in [0.3, 0.4) is 0 Å². The maximum absolute atomic E-state index is 14.9. The molecule has 52 heavy (non-hydrogen) atoms. The van der Waals surface area contributed by atoms with E-state index in [1.807, 2.05) is 24.3 Å². The molecule has 4 aromatic rings. The third kappa shape index (κ3) is 7.46. The number of hydrogen-bond donors (Lipinski definition) is 1. The molecule has 2 unspecified atom stereocenters. The molecule has 6 rings (SSSR count). The summed E-state index contributed by atoms with van der Waals surface area (Å²) < 4.78 is 106. The SMILES string of the molecule is O=C(O)c1ccc(N(Cc2ccc(C3CCCCC3)cc2)C(=O)C2CCN(S(=O)(=O)c3c(F)c(F)c(F)c(F)c3F)C2OCc2ccccc2)cc1. The number of benzene rings is 4. The molecule has 8 nitrogen and oxygen atoms in total. The van der Waals surface area contributed by atoms with Crippen LogP contribution in [0.25, 0.3) is 0 Å². The maximum atomic E-state index is 14.9. The van der Waals surface area contributed by atoms with Gasteiger partial charge in [0.15, 0.2) is 28.2 Å². The molecular formula is C38H35F5N2O6S. The number of carbonyl (C=O) groups excluding carboxylic acids is 1. The van der Waals surface area contributed by atoms with E-state index < -0.39 is 74.6 Å². The summed E-state index contributed by atoms with van der Waals surface area (Å²) in [5.74, 6) is -15.2. The summed E-state index contributed by atoms with van der Waals surface area (Å²) in [6, 6.07) is 21.6. The van der Waals surface area contributed by atoms with Gasteiger partial charge in [0.05, 0.1) is 24.6 Å². The fraction of sp³-hybridized carbons (Fsp3) is 0.316. The summed E-state index contributed by atoms with van der Waals surface area (Å²) in [6.07, 6.45) is 3.68. The lowest BCUT2D eigenvalue weighted by molar-refractivity contribution is -0.129. The Labute approximate surface area is 297 Å². The molecule has 4 aromatic carbocycles. The number of carboxylic acids is 1. The predicted molar refractivity (Wildman–Crippen MR) is 180 cm³/mol. The highest BCUT2D eigenvalue weighted by atomic mass is 32.2. The van der Waals surface area contributed by atoms with Crippen LogP contribution in [0.2, 0.25) is 0 Å². The van der Waals surface area contributed by atoms with Crippen molar-refractivity contribution < 1.29 is 49.8 Å². The van der Waals surface area contributed by atoms with Crippen LogP contribution in [0.4, 0.5) is 27.6 Å². The van der Waals surface area contributed by atoms with Gasteiger partial charge >= 0.3 is 5.97 Å². The maximum Gasteiger partial charge on any atom is 0.335 e. The molecule has 1 aliphatic carbocycles. The van der Waals surface area contributed by atoms with Gasteiger partial charge in [-0.1, -0.05) is 73.9 Å². The normalized spacial score (nSPS) is 18.4. The van der Waals surface area contributed by atoms with E-state index in [4.69, 9.17) is 4.74 Å². The molecule has 0 aromatic heterocycles. The van der Waals surface area contributed by atoms with Gasteiger partial charge in [0.2, 0.25) is 11.7 Å². The molecule has 2 fully saturated rings.